The van der Waals surface area contributed by atoms with Crippen molar-refractivity contribution in [2.45, 2.75) is 49.3 Å². The molecule has 2 unspecified atom stereocenters. The monoisotopic (exact) mass is 348 g/mol. The molecule has 1 aliphatic rings. The number of nitrogens with two attached hydrogens (primary N) is 1. The van der Waals surface area contributed by atoms with Gasteiger partial charge < -0.3 is 5.73 Å². The summed E-state index contributed by atoms with van der Waals surface area (Å²) < 4.78 is 28.1. The van der Waals surface area contributed by atoms with Crippen LogP contribution in [0, 0.1) is 6.92 Å². The Balaban J connectivity index is 2.24. The van der Waals surface area contributed by atoms with Gasteiger partial charge in [-0.15, -0.1) is 0 Å². The second-order valence-electron chi connectivity index (χ2n) is 5.29. The number of aryl methyl sites for hydroxylation is 1. The summed E-state index contributed by atoms with van der Waals surface area (Å²) in [6.45, 7) is 3.82. The van der Waals surface area contributed by atoms with Crippen LogP contribution in [0.5, 0.6) is 0 Å². The zero-order valence-corrected chi connectivity index (χ0v) is 14.6. The number of nitrogens with one attached hydrogen (secondary N) is 1. The molecule has 0 radical (unpaired) electrons. The fourth-order valence-corrected chi connectivity index (χ4v) is 5.77. The first kappa shape index (κ1) is 16.9. The summed E-state index contributed by atoms with van der Waals surface area (Å²) in [6, 6.07) is 3.03. The highest BCUT2D eigenvalue weighted by molar-refractivity contribution is 8.00. The van der Waals surface area contributed by atoms with Gasteiger partial charge in [-0.3, -0.25) is 0 Å². The molecule has 0 amide bonds. The maximum Gasteiger partial charge on any atom is 0.241 e. The lowest BCUT2D eigenvalue weighted by molar-refractivity contribution is 0.554. The van der Waals surface area contributed by atoms with Gasteiger partial charge >= 0.3 is 0 Å². The summed E-state index contributed by atoms with van der Waals surface area (Å²) in [5.74, 6) is 0.996. The Morgan fingerprint density at radius 1 is 1.43 bits per heavy atom. The smallest absolute Gasteiger partial charge is 0.241 e. The van der Waals surface area contributed by atoms with Crippen LogP contribution in [0.15, 0.2) is 17.0 Å². The van der Waals surface area contributed by atoms with Crippen molar-refractivity contribution in [3.63, 3.8) is 0 Å². The summed E-state index contributed by atoms with van der Waals surface area (Å²) in [4.78, 5) is 0.219. The summed E-state index contributed by atoms with van der Waals surface area (Å²) >= 11 is 7.75. The van der Waals surface area contributed by atoms with Crippen LogP contribution in [-0.2, 0) is 10.0 Å². The first-order chi connectivity index (χ1) is 9.85. The van der Waals surface area contributed by atoms with Gasteiger partial charge in [0.1, 0.15) is 0 Å². The molecule has 0 heterocycles. The van der Waals surface area contributed by atoms with Crippen molar-refractivity contribution in [3.05, 3.63) is 22.7 Å². The molecule has 3 N–H and O–H groups in total. The largest absolute Gasteiger partial charge is 0.397 e. The number of hydrogen-bond acceptors (Lipinski definition) is 4. The van der Waals surface area contributed by atoms with Crippen LogP contribution in [0.2, 0.25) is 5.02 Å². The summed E-state index contributed by atoms with van der Waals surface area (Å²) in [5.41, 5.74) is 6.64. The number of benzene rings is 1. The molecule has 1 aliphatic carbocycles. The molecule has 118 valence electrons. The number of sulfonamides is 1. The minimum Gasteiger partial charge on any atom is -0.397 e. The van der Waals surface area contributed by atoms with E-state index in [2.05, 4.69) is 11.6 Å². The minimum absolute atomic E-state index is 0.00347. The SMILES string of the molecule is CCSC1CCCC1NS(=O)(=O)c1cc(N)c(Cl)cc1C. The van der Waals surface area contributed by atoms with Gasteiger partial charge in [-0.25, -0.2) is 13.1 Å². The van der Waals surface area contributed by atoms with Crippen molar-refractivity contribution in [1.82, 2.24) is 4.72 Å². The number of hydrogen-bond donors (Lipinski definition) is 2. The predicted octanol–water partition coefficient (Wildman–Crippen LogP) is 3.18. The molecule has 2 atom stereocenters. The molecule has 21 heavy (non-hydrogen) atoms. The van der Waals surface area contributed by atoms with Gasteiger partial charge in [-0.2, -0.15) is 11.8 Å². The van der Waals surface area contributed by atoms with Gasteiger partial charge in [0.15, 0.2) is 0 Å². The third-order valence-electron chi connectivity index (χ3n) is 3.72. The first-order valence-electron chi connectivity index (χ1n) is 7.04. The first-order valence-corrected chi connectivity index (χ1v) is 9.95. The van der Waals surface area contributed by atoms with Crippen molar-refractivity contribution in [2.24, 2.45) is 0 Å². The highest BCUT2D eigenvalue weighted by Crippen LogP contribution is 2.32. The highest BCUT2D eigenvalue weighted by atomic mass is 35.5. The standard InChI is InChI=1S/C14H21ClN2O2S2/c1-3-20-13-6-4-5-12(13)17-21(18,19)14-8-11(16)10(15)7-9(14)2/h7-8,12-13,17H,3-6,16H2,1-2H3. The van der Waals surface area contributed by atoms with E-state index in [0.717, 1.165) is 25.0 Å². The van der Waals surface area contributed by atoms with E-state index in [1.165, 1.54) is 6.07 Å². The minimum atomic E-state index is -3.57. The van der Waals surface area contributed by atoms with Crippen LogP contribution in [0.25, 0.3) is 0 Å². The zero-order valence-electron chi connectivity index (χ0n) is 12.2. The molecule has 0 spiro atoms. The molecule has 0 aliphatic heterocycles. The number of anilines is 1. The Morgan fingerprint density at radius 3 is 2.81 bits per heavy atom. The topological polar surface area (TPSA) is 72.2 Å². The van der Waals surface area contributed by atoms with E-state index in [-0.39, 0.29) is 16.6 Å². The van der Waals surface area contributed by atoms with Crippen LogP contribution in [0.1, 0.15) is 31.7 Å². The average molecular weight is 349 g/mol. The van der Waals surface area contributed by atoms with Crippen molar-refractivity contribution < 1.29 is 8.42 Å². The third kappa shape index (κ3) is 3.86. The molecular weight excluding hydrogens is 328 g/mol. The Hall–Kier alpha value is -0.430. The van der Waals surface area contributed by atoms with E-state index in [1.807, 2.05) is 11.8 Å². The van der Waals surface area contributed by atoms with E-state index in [1.54, 1.807) is 13.0 Å². The van der Waals surface area contributed by atoms with Gasteiger partial charge in [-0.1, -0.05) is 24.9 Å². The molecular formula is C14H21ClN2O2S2. The molecule has 7 heteroatoms. The molecule has 0 aromatic heterocycles. The fourth-order valence-electron chi connectivity index (χ4n) is 2.70. The van der Waals surface area contributed by atoms with E-state index in [9.17, 15) is 8.42 Å². The number of rotatable bonds is 5. The van der Waals surface area contributed by atoms with Gasteiger partial charge in [0.2, 0.25) is 10.0 Å². The van der Waals surface area contributed by atoms with Crippen LogP contribution in [-0.4, -0.2) is 25.5 Å². The summed E-state index contributed by atoms with van der Waals surface area (Å²) in [7, 11) is -3.57. The average Bonchev–Trinajstić information content (AvgIpc) is 2.81. The lowest BCUT2D eigenvalue weighted by Crippen LogP contribution is -2.39. The molecule has 1 aromatic rings. The van der Waals surface area contributed by atoms with Crippen molar-refractivity contribution in [2.75, 3.05) is 11.5 Å². The molecule has 1 aromatic carbocycles. The third-order valence-corrected chi connectivity index (χ3v) is 7.01. The predicted molar refractivity (Wildman–Crippen MR) is 90.5 cm³/mol. The van der Waals surface area contributed by atoms with Crippen LogP contribution >= 0.6 is 23.4 Å². The lowest BCUT2D eigenvalue weighted by Gasteiger charge is -2.21. The Morgan fingerprint density at radius 2 is 2.14 bits per heavy atom. The van der Waals surface area contributed by atoms with Crippen molar-refractivity contribution >= 4 is 39.1 Å². The number of nitrogen functional groups attached to an aromatic ring is 1. The number of thioether (sulfide) groups is 1. The van der Waals surface area contributed by atoms with Crippen LogP contribution in [0.4, 0.5) is 5.69 Å². The van der Waals surface area contributed by atoms with E-state index in [4.69, 9.17) is 17.3 Å². The highest BCUT2D eigenvalue weighted by Gasteiger charge is 2.31. The van der Waals surface area contributed by atoms with E-state index in [0.29, 0.717) is 15.8 Å². The van der Waals surface area contributed by atoms with Crippen LogP contribution in [0.3, 0.4) is 0 Å². The van der Waals surface area contributed by atoms with E-state index >= 15 is 0 Å². The normalized spacial score (nSPS) is 22.6. The quantitative estimate of drug-likeness (QED) is 0.801. The molecule has 1 saturated carbocycles. The second kappa shape index (κ2) is 6.77. The zero-order chi connectivity index (χ0) is 15.6. The summed E-state index contributed by atoms with van der Waals surface area (Å²) in [5, 5.41) is 0.737. The van der Waals surface area contributed by atoms with Gasteiger partial charge in [-0.05, 0) is 43.2 Å². The number of halogens is 1. The Bertz CT molecular complexity index is 620. The summed E-state index contributed by atoms with van der Waals surface area (Å²) in [6.07, 6.45) is 3.01. The second-order valence-corrected chi connectivity index (χ2v) is 8.90. The van der Waals surface area contributed by atoms with Gasteiger partial charge in [0, 0.05) is 11.3 Å². The Kier molecular flexibility index (Phi) is 5.46. The van der Waals surface area contributed by atoms with Crippen molar-refractivity contribution in [1.29, 1.82) is 0 Å². The molecule has 0 bridgehead atoms. The van der Waals surface area contributed by atoms with Crippen LogP contribution < -0.4 is 10.5 Å². The Labute approximate surface area is 135 Å². The molecule has 4 nitrogen and oxygen atoms in total. The van der Waals surface area contributed by atoms with Crippen molar-refractivity contribution in [3.8, 4) is 0 Å². The maximum absolute atomic E-state index is 12.6. The molecule has 2 rings (SSSR count). The van der Waals surface area contributed by atoms with Gasteiger partial charge in [0.05, 0.1) is 15.6 Å². The molecule has 0 saturated heterocycles. The molecule has 1 fully saturated rings. The van der Waals surface area contributed by atoms with Gasteiger partial charge in [0.25, 0.3) is 0 Å². The fraction of sp³-hybridized carbons (Fsp3) is 0.571. The lowest BCUT2D eigenvalue weighted by atomic mass is 10.2. The van der Waals surface area contributed by atoms with E-state index < -0.39 is 10.0 Å². The maximum atomic E-state index is 12.6.